The molecule has 0 bridgehead atoms. The lowest BCUT2D eigenvalue weighted by Gasteiger charge is -2.39. The topological polar surface area (TPSA) is 140 Å². The summed E-state index contributed by atoms with van der Waals surface area (Å²) in [5.74, 6) is 0.681. The number of phenolic OH excluding ortho intramolecular Hbond substituents is 1. The van der Waals surface area contributed by atoms with Crippen LogP contribution in [-0.2, 0) is 17.6 Å². The summed E-state index contributed by atoms with van der Waals surface area (Å²) < 4.78 is 11.0. The Morgan fingerprint density at radius 1 is 0.788 bits per heavy atom. The van der Waals surface area contributed by atoms with Crippen LogP contribution in [0, 0.1) is 0 Å². The van der Waals surface area contributed by atoms with Crippen molar-refractivity contribution in [1.29, 1.82) is 0 Å². The lowest BCUT2D eigenvalue weighted by Crippen LogP contribution is -2.60. The maximum atomic E-state index is 10.2. The van der Waals surface area contributed by atoms with Gasteiger partial charge in [0.15, 0.2) is 0 Å². The van der Waals surface area contributed by atoms with Crippen molar-refractivity contribution in [2.45, 2.75) is 75.3 Å². The van der Waals surface area contributed by atoms with Crippen LogP contribution in [0.15, 0.2) is 48.5 Å². The Morgan fingerprint density at radius 2 is 1.42 bits per heavy atom. The van der Waals surface area contributed by atoms with Gasteiger partial charge >= 0.3 is 0 Å². The number of phenols is 1. The summed E-state index contributed by atoms with van der Waals surface area (Å²) in [4.78, 5) is 0. The van der Waals surface area contributed by atoms with Gasteiger partial charge in [-0.15, -0.1) is 0 Å². The molecule has 33 heavy (non-hydrogen) atoms. The molecular weight excluding hydrogens is 428 g/mol. The molecule has 6 atom stereocenters. The molecule has 0 amide bonds. The molecule has 8 nitrogen and oxygen atoms in total. The molecule has 182 valence electrons. The van der Waals surface area contributed by atoms with Gasteiger partial charge in [-0.1, -0.05) is 30.7 Å². The fourth-order valence-electron chi connectivity index (χ4n) is 3.88. The van der Waals surface area contributed by atoms with Gasteiger partial charge in [-0.3, -0.25) is 0 Å². The Bertz CT molecular complexity index is 823. The lowest BCUT2D eigenvalue weighted by atomic mass is 9.99. The van der Waals surface area contributed by atoms with E-state index >= 15 is 0 Å². The maximum absolute atomic E-state index is 10.2. The van der Waals surface area contributed by atoms with Gasteiger partial charge in [0.05, 0.1) is 12.7 Å². The Morgan fingerprint density at radius 3 is 2.09 bits per heavy atom. The number of aryl methyl sites for hydroxylation is 2. The van der Waals surface area contributed by atoms with Gasteiger partial charge in [0, 0.05) is 0 Å². The monoisotopic (exact) mass is 462 g/mol. The van der Waals surface area contributed by atoms with Crippen molar-refractivity contribution in [1.82, 2.24) is 0 Å². The van der Waals surface area contributed by atoms with E-state index in [0.29, 0.717) is 12.2 Å². The first-order chi connectivity index (χ1) is 15.9. The van der Waals surface area contributed by atoms with E-state index in [9.17, 15) is 30.6 Å². The zero-order valence-corrected chi connectivity index (χ0v) is 18.5. The molecule has 1 heterocycles. The van der Waals surface area contributed by atoms with Crippen LogP contribution >= 0.6 is 0 Å². The van der Waals surface area contributed by atoms with E-state index in [1.54, 1.807) is 24.3 Å². The van der Waals surface area contributed by atoms with Crippen LogP contribution in [0.3, 0.4) is 0 Å². The molecule has 1 aliphatic heterocycles. The summed E-state index contributed by atoms with van der Waals surface area (Å²) in [5.41, 5.74) is 2.20. The smallest absolute Gasteiger partial charge is 0.229 e. The number of aliphatic hydroxyl groups is 5. The molecule has 8 heteroatoms. The molecule has 1 saturated heterocycles. The van der Waals surface area contributed by atoms with Gasteiger partial charge < -0.3 is 40.1 Å². The summed E-state index contributed by atoms with van der Waals surface area (Å²) in [5, 5.41) is 58.5. The van der Waals surface area contributed by atoms with E-state index in [0.717, 1.165) is 43.2 Å². The van der Waals surface area contributed by atoms with Gasteiger partial charge in [0.2, 0.25) is 6.29 Å². The van der Waals surface area contributed by atoms with E-state index in [4.69, 9.17) is 9.47 Å². The van der Waals surface area contributed by atoms with Gasteiger partial charge in [0.25, 0.3) is 0 Å². The number of unbranched alkanes of at least 4 members (excludes halogenated alkanes) is 1. The normalized spacial score (nSPS) is 26.2. The molecule has 6 N–H and O–H groups in total. The SMILES string of the molecule is OC[C@H]1O[C@@H](Oc2ccc(CCCC[C@@H](O)CCc3ccc(O)cc3)cc2)[C@H](O)[C@@H](O)[C@@H]1O. The number of ether oxygens (including phenoxy) is 2. The molecule has 3 rings (SSSR count). The third kappa shape index (κ3) is 7.40. The molecule has 0 radical (unpaired) electrons. The highest BCUT2D eigenvalue weighted by Crippen LogP contribution is 2.25. The largest absolute Gasteiger partial charge is 0.508 e. The second kappa shape index (κ2) is 12.3. The van der Waals surface area contributed by atoms with Gasteiger partial charge in [-0.25, -0.2) is 0 Å². The van der Waals surface area contributed by atoms with Crippen molar-refractivity contribution in [2.24, 2.45) is 0 Å². The summed E-state index contributed by atoms with van der Waals surface area (Å²) in [7, 11) is 0. The first-order valence-corrected chi connectivity index (χ1v) is 11.4. The summed E-state index contributed by atoms with van der Waals surface area (Å²) >= 11 is 0. The number of aliphatic hydroxyl groups excluding tert-OH is 5. The minimum atomic E-state index is -1.48. The zero-order chi connectivity index (χ0) is 23.8. The Labute approximate surface area is 193 Å². The van der Waals surface area contributed by atoms with Crippen LogP contribution in [0.4, 0.5) is 0 Å². The number of rotatable bonds is 11. The minimum absolute atomic E-state index is 0.243. The third-order valence-electron chi connectivity index (χ3n) is 5.98. The van der Waals surface area contributed by atoms with Crippen molar-refractivity contribution in [3.8, 4) is 11.5 Å². The van der Waals surface area contributed by atoms with E-state index in [1.807, 2.05) is 24.3 Å². The van der Waals surface area contributed by atoms with Crippen LogP contribution in [0.2, 0.25) is 0 Å². The van der Waals surface area contributed by atoms with Crippen molar-refractivity contribution >= 4 is 0 Å². The first kappa shape index (κ1) is 25.4. The number of aromatic hydroxyl groups is 1. The predicted molar refractivity (Wildman–Crippen MR) is 121 cm³/mol. The van der Waals surface area contributed by atoms with Crippen LogP contribution in [0.5, 0.6) is 11.5 Å². The Balaban J connectivity index is 1.37. The third-order valence-corrected chi connectivity index (χ3v) is 5.98. The zero-order valence-electron chi connectivity index (χ0n) is 18.5. The molecular formula is C25H34O8. The highest BCUT2D eigenvalue weighted by atomic mass is 16.7. The highest BCUT2D eigenvalue weighted by Gasteiger charge is 2.44. The van der Waals surface area contributed by atoms with Crippen molar-refractivity contribution in [2.75, 3.05) is 6.61 Å². The summed E-state index contributed by atoms with van der Waals surface area (Å²) in [6, 6.07) is 14.3. The quantitative estimate of drug-likeness (QED) is 0.275. The molecule has 0 unspecified atom stereocenters. The average molecular weight is 463 g/mol. The fourth-order valence-corrected chi connectivity index (χ4v) is 3.88. The fraction of sp³-hybridized carbons (Fsp3) is 0.520. The van der Waals surface area contributed by atoms with E-state index < -0.39 is 37.3 Å². The van der Waals surface area contributed by atoms with Crippen LogP contribution in [0.25, 0.3) is 0 Å². The second-order valence-corrected chi connectivity index (χ2v) is 8.56. The van der Waals surface area contributed by atoms with E-state index in [2.05, 4.69) is 0 Å². The molecule has 2 aromatic rings. The van der Waals surface area contributed by atoms with Crippen LogP contribution < -0.4 is 4.74 Å². The van der Waals surface area contributed by atoms with Gasteiger partial charge in [0.1, 0.15) is 35.9 Å². The lowest BCUT2D eigenvalue weighted by molar-refractivity contribution is -0.277. The highest BCUT2D eigenvalue weighted by molar-refractivity contribution is 5.28. The molecule has 0 saturated carbocycles. The second-order valence-electron chi connectivity index (χ2n) is 8.56. The van der Waals surface area contributed by atoms with Crippen LogP contribution in [-0.4, -0.2) is 74.1 Å². The first-order valence-electron chi connectivity index (χ1n) is 11.4. The van der Waals surface area contributed by atoms with Crippen molar-refractivity contribution < 1.29 is 40.1 Å². The Hall–Kier alpha value is -2.20. The van der Waals surface area contributed by atoms with E-state index in [-0.39, 0.29) is 11.9 Å². The van der Waals surface area contributed by atoms with Crippen molar-refractivity contribution in [3.05, 3.63) is 59.7 Å². The molecule has 2 aromatic carbocycles. The maximum Gasteiger partial charge on any atom is 0.229 e. The predicted octanol–water partition coefficient (Wildman–Crippen LogP) is 1.28. The van der Waals surface area contributed by atoms with Crippen LogP contribution in [0.1, 0.15) is 36.8 Å². The standard InChI is InChI=1S/C25H34O8/c26-15-21-22(29)23(30)24(31)25(33-21)32-20-13-8-16(9-14-20)3-1-2-4-18(27)10-5-17-6-11-19(28)12-7-17/h6-9,11-14,18,21-31H,1-5,10,15H2/t18-,21-,22-,23+,24-,25-/m1/s1. The molecule has 1 fully saturated rings. The Kier molecular flexibility index (Phi) is 9.49. The number of hydrogen-bond acceptors (Lipinski definition) is 8. The van der Waals surface area contributed by atoms with E-state index in [1.165, 1.54) is 0 Å². The number of hydrogen-bond donors (Lipinski definition) is 6. The molecule has 0 aromatic heterocycles. The van der Waals surface area contributed by atoms with Crippen molar-refractivity contribution in [3.63, 3.8) is 0 Å². The van der Waals surface area contributed by atoms with Gasteiger partial charge in [-0.2, -0.15) is 0 Å². The average Bonchev–Trinajstić information content (AvgIpc) is 2.82. The minimum Gasteiger partial charge on any atom is -0.508 e. The van der Waals surface area contributed by atoms with Gasteiger partial charge in [-0.05, 0) is 67.5 Å². The number of benzene rings is 2. The summed E-state index contributed by atoms with van der Waals surface area (Å²) in [6.45, 7) is -0.505. The summed E-state index contributed by atoms with van der Waals surface area (Å²) in [6.07, 6.45) is -2.01. The molecule has 0 aliphatic carbocycles. The molecule has 1 aliphatic rings. The molecule has 0 spiro atoms.